The van der Waals surface area contributed by atoms with E-state index in [9.17, 15) is 9.59 Å². The summed E-state index contributed by atoms with van der Waals surface area (Å²) >= 11 is 0. The van der Waals surface area contributed by atoms with Crippen molar-refractivity contribution in [1.82, 2.24) is 15.1 Å². The van der Waals surface area contributed by atoms with Crippen molar-refractivity contribution in [3.63, 3.8) is 0 Å². The molecular weight excluding hydrogens is 346 g/mol. The van der Waals surface area contributed by atoms with Gasteiger partial charge in [0.2, 0.25) is 0 Å². The monoisotopic (exact) mass is 377 g/mol. The molecule has 27 heavy (non-hydrogen) atoms. The molecule has 1 heterocycles. The van der Waals surface area contributed by atoms with E-state index in [0.29, 0.717) is 19.6 Å². The molecule has 1 aromatic rings. The van der Waals surface area contributed by atoms with Crippen molar-refractivity contribution >= 4 is 12.2 Å². The molecular formula is C20H31N3O4. The molecule has 1 saturated heterocycles. The lowest BCUT2D eigenvalue weighted by molar-refractivity contribution is 0.0144. The van der Waals surface area contributed by atoms with Crippen LogP contribution in [-0.4, -0.2) is 66.9 Å². The lowest BCUT2D eigenvalue weighted by atomic mass is 10.2. The number of hydrogen-bond acceptors (Lipinski definition) is 5. The smallest absolute Gasteiger partial charge is 0.410 e. The van der Waals surface area contributed by atoms with E-state index >= 15 is 0 Å². The van der Waals surface area contributed by atoms with E-state index in [-0.39, 0.29) is 12.7 Å². The van der Waals surface area contributed by atoms with Gasteiger partial charge in [0.1, 0.15) is 12.2 Å². The number of rotatable bonds is 6. The average Bonchev–Trinajstić information content (AvgIpc) is 2.63. The van der Waals surface area contributed by atoms with Crippen molar-refractivity contribution in [3.8, 4) is 0 Å². The fourth-order valence-electron chi connectivity index (χ4n) is 2.75. The molecule has 0 unspecified atom stereocenters. The molecule has 0 bridgehead atoms. The SMILES string of the molecule is CC(C)(C)OC(=O)N1CCN(CCCNC(=O)OCc2ccccc2)CC1. The second kappa shape index (κ2) is 10.2. The Hall–Kier alpha value is -2.28. The van der Waals surface area contributed by atoms with Gasteiger partial charge in [-0.3, -0.25) is 4.90 Å². The number of carbonyl (C=O) groups is 2. The van der Waals surface area contributed by atoms with Crippen LogP contribution in [0.5, 0.6) is 0 Å². The Morgan fingerprint density at radius 3 is 2.37 bits per heavy atom. The second-order valence-corrected chi connectivity index (χ2v) is 7.65. The molecule has 7 heteroatoms. The predicted octanol–water partition coefficient (Wildman–Crippen LogP) is 2.86. The normalized spacial score (nSPS) is 15.3. The highest BCUT2D eigenvalue weighted by atomic mass is 16.6. The van der Waals surface area contributed by atoms with E-state index in [1.807, 2.05) is 51.1 Å². The first kappa shape index (κ1) is 21.0. The highest BCUT2D eigenvalue weighted by Crippen LogP contribution is 2.12. The van der Waals surface area contributed by atoms with Gasteiger partial charge >= 0.3 is 12.2 Å². The molecule has 0 atom stereocenters. The van der Waals surface area contributed by atoms with E-state index < -0.39 is 11.7 Å². The van der Waals surface area contributed by atoms with Gasteiger partial charge in [0.05, 0.1) is 0 Å². The molecule has 1 aliphatic heterocycles. The highest BCUT2D eigenvalue weighted by molar-refractivity contribution is 5.68. The first-order valence-electron chi connectivity index (χ1n) is 9.48. The van der Waals surface area contributed by atoms with Crippen LogP contribution in [0, 0.1) is 0 Å². The number of nitrogens with zero attached hydrogens (tertiary/aromatic N) is 2. The van der Waals surface area contributed by atoms with Crippen LogP contribution in [0.15, 0.2) is 30.3 Å². The molecule has 1 aliphatic rings. The number of carbonyl (C=O) groups excluding carboxylic acids is 2. The number of nitrogens with one attached hydrogen (secondary N) is 1. The lowest BCUT2D eigenvalue weighted by Crippen LogP contribution is -2.50. The summed E-state index contributed by atoms with van der Waals surface area (Å²) in [5.41, 5.74) is 0.505. The molecule has 1 aromatic carbocycles. The summed E-state index contributed by atoms with van der Waals surface area (Å²) in [7, 11) is 0. The third-order valence-corrected chi connectivity index (χ3v) is 4.16. The van der Waals surface area contributed by atoms with Gasteiger partial charge in [-0.25, -0.2) is 9.59 Å². The molecule has 1 N–H and O–H groups in total. The Labute approximate surface area is 161 Å². The van der Waals surface area contributed by atoms with Crippen LogP contribution in [0.4, 0.5) is 9.59 Å². The molecule has 0 spiro atoms. The molecule has 0 aliphatic carbocycles. The van der Waals surface area contributed by atoms with E-state index in [0.717, 1.165) is 31.6 Å². The van der Waals surface area contributed by atoms with Crippen molar-refractivity contribution in [2.45, 2.75) is 39.4 Å². The minimum Gasteiger partial charge on any atom is -0.445 e. The van der Waals surface area contributed by atoms with Crippen LogP contribution >= 0.6 is 0 Å². The summed E-state index contributed by atoms with van der Waals surface area (Å²) in [6.45, 7) is 10.3. The number of amides is 2. The van der Waals surface area contributed by atoms with Gasteiger partial charge in [-0.05, 0) is 39.3 Å². The van der Waals surface area contributed by atoms with Crippen molar-refractivity contribution in [3.05, 3.63) is 35.9 Å². The van der Waals surface area contributed by atoms with E-state index in [1.54, 1.807) is 4.90 Å². The summed E-state index contributed by atoms with van der Waals surface area (Å²) < 4.78 is 10.6. The van der Waals surface area contributed by atoms with Gasteiger partial charge in [0.25, 0.3) is 0 Å². The van der Waals surface area contributed by atoms with Crippen molar-refractivity contribution in [2.75, 3.05) is 39.3 Å². The van der Waals surface area contributed by atoms with Crippen molar-refractivity contribution in [2.24, 2.45) is 0 Å². The fraction of sp³-hybridized carbons (Fsp3) is 0.600. The van der Waals surface area contributed by atoms with Crippen molar-refractivity contribution in [1.29, 1.82) is 0 Å². The van der Waals surface area contributed by atoms with Crippen LogP contribution in [0.2, 0.25) is 0 Å². The van der Waals surface area contributed by atoms with Crippen LogP contribution in [0.25, 0.3) is 0 Å². The molecule has 2 rings (SSSR count). The van der Waals surface area contributed by atoms with Crippen LogP contribution in [-0.2, 0) is 16.1 Å². The van der Waals surface area contributed by atoms with E-state index in [1.165, 1.54) is 0 Å². The first-order chi connectivity index (χ1) is 12.8. The van der Waals surface area contributed by atoms with Crippen LogP contribution < -0.4 is 5.32 Å². The maximum Gasteiger partial charge on any atom is 0.410 e. The van der Waals surface area contributed by atoms with Crippen molar-refractivity contribution < 1.29 is 19.1 Å². The topological polar surface area (TPSA) is 71.1 Å². The molecule has 150 valence electrons. The Morgan fingerprint density at radius 1 is 1.07 bits per heavy atom. The maximum absolute atomic E-state index is 12.0. The summed E-state index contributed by atoms with van der Waals surface area (Å²) in [6.07, 6.45) is 0.200. The maximum atomic E-state index is 12.0. The molecule has 2 amide bonds. The van der Waals surface area contributed by atoms with E-state index in [2.05, 4.69) is 10.2 Å². The number of ether oxygens (including phenoxy) is 2. The van der Waals surface area contributed by atoms with Gasteiger partial charge in [-0.15, -0.1) is 0 Å². The summed E-state index contributed by atoms with van der Waals surface area (Å²) in [5, 5.41) is 2.77. The minimum absolute atomic E-state index is 0.245. The second-order valence-electron chi connectivity index (χ2n) is 7.65. The molecule has 7 nitrogen and oxygen atoms in total. The fourth-order valence-corrected chi connectivity index (χ4v) is 2.75. The van der Waals surface area contributed by atoms with Gasteiger partial charge in [-0.1, -0.05) is 30.3 Å². The Bertz CT molecular complexity index is 593. The quantitative estimate of drug-likeness (QED) is 0.772. The van der Waals surface area contributed by atoms with Gasteiger partial charge in [0, 0.05) is 32.7 Å². The van der Waals surface area contributed by atoms with Crippen LogP contribution in [0.3, 0.4) is 0 Å². The predicted molar refractivity (Wildman–Crippen MR) is 103 cm³/mol. The Balaban J connectivity index is 1.54. The zero-order valence-corrected chi connectivity index (χ0v) is 16.6. The Morgan fingerprint density at radius 2 is 1.74 bits per heavy atom. The average molecular weight is 377 g/mol. The third-order valence-electron chi connectivity index (χ3n) is 4.16. The highest BCUT2D eigenvalue weighted by Gasteiger charge is 2.25. The summed E-state index contributed by atoms with van der Waals surface area (Å²) in [4.78, 5) is 27.8. The number of alkyl carbamates (subject to hydrolysis) is 1. The first-order valence-corrected chi connectivity index (χ1v) is 9.48. The van der Waals surface area contributed by atoms with Gasteiger partial charge < -0.3 is 19.7 Å². The Kier molecular flexibility index (Phi) is 7.91. The summed E-state index contributed by atoms with van der Waals surface area (Å²) in [6, 6.07) is 9.60. The molecule has 0 saturated carbocycles. The molecule has 0 aromatic heterocycles. The minimum atomic E-state index is -0.463. The zero-order chi connectivity index (χ0) is 19.7. The zero-order valence-electron chi connectivity index (χ0n) is 16.6. The van der Waals surface area contributed by atoms with Gasteiger partial charge in [-0.2, -0.15) is 0 Å². The molecule has 1 fully saturated rings. The standard InChI is InChI=1S/C20H31N3O4/c1-20(2,3)27-19(25)23-14-12-22(13-15-23)11-7-10-21-18(24)26-16-17-8-5-4-6-9-17/h4-6,8-9H,7,10-16H2,1-3H3,(H,21,24). The number of piperazine rings is 1. The van der Waals surface area contributed by atoms with E-state index in [4.69, 9.17) is 9.47 Å². The summed E-state index contributed by atoms with van der Waals surface area (Å²) in [5.74, 6) is 0. The van der Waals surface area contributed by atoms with Gasteiger partial charge in [0.15, 0.2) is 0 Å². The molecule has 0 radical (unpaired) electrons. The number of benzene rings is 1. The van der Waals surface area contributed by atoms with Crippen LogP contribution in [0.1, 0.15) is 32.8 Å². The lowest BCUT2D eigenvalue weighted by Gasteiger charge is -2.35. The third kappa shape index (κ3) is 8.30. The largest absolute Gasteiger partial charge is 0.445 e. The number of hydrogen-bond donors (Lipinski definition) is 1.